The smallest absolute Gasteiger partial charge is 0.0556 e. The van der Waals surface area contributed by atoms with Crippen LogP contribution in [0.4, 0.5) is 0 Å². The standard InChI is InChI=1S/C13H23NO/c1-12-5-10-4-11(6-12)8-13(7-10,9-12)14-2-3-15/h10-11,14-15H,2-9H2,1H3/t10-,11-,12?,13?/m0/s1. The van der Waals surface area contributed by atoms with Crippen molar-refractivity contribution in [3.63, 3.8) is 0 Å². The minimum absolute atomic E-state index is 0.286. The molecule has 15 heavy (non-hydrogen) atoms. The molecule has 0 aromatic heterocycles. The Morgan fingerprint density at radius 2 is 1.87 bits per heavy atom. The molecule has 0 heterocycles. The number of aliphatic hydroxyl groups excluding tert-OH is 1. The van der Waals surface area contributed by atoms with Crippen LogP contribution in [-0.4, -0.2) is 23.8 Å². The highest BCUT2D eigenvalue weighted by molar-refractivity contribution is 5.10. The summed E-state index contributed by atoms with van der Waals surface area (Å²) in [6.07, 6.45) is 8.52. The van der Waals surface area contributed by atoms with Crippen molar-refractivity contribution >= 4 is 0 Å². The van der Waals surface area contributed by atoms with E-state index >= 15 is 0 Å². The van der Waals surface area contributed by atoms with Crippen LogP contribution >= 0.6 is 0 Å². The Morgan fingerprint density at radius 3 is 2.40 bits per heavy atom. The fourth-order valence-electron chi connectivity index (χ4n) is 5.25. The third-order valence-corrected chi connectivity index (χ3v) is 4.97. The number of hydrogen-bond donors (Lipinski definition) is 2. The Kier molecular flexibility index (Phi) is 2.16. The Bertz CT molecular complexity index is 249. The highest BCUT2D eigenvalue weighted by atomic mass is 16.3. The van der Waals surface area contributed by atoms with Crippen LogP contribution in [0, 0.1) is 17.3 Å². The highest BCUT2D eigenvalue weighted by Gasteiger charge is 2.55. The van der Waals surface area contributed by atoms with Gasteiger partial charge in [0.1, 0.15) is 0 Å². The van der Waals surface area contributed by atoms with Crippen molar-refractivity contribution in [1.29, 1.82) is 0 Å². The molecule has 0 saturated heterocycles. The fourth-order valence-corrected chi connectivity index (χ4v) is 5.25. The number of nitrogens with one attached hydrogen (secondary N) is 1. The maximum Gasteiger partial charge on any atom is 0.0556 e. The quantitative estimate of drug-likeness (QED) is 0.744. The van der Waals surface area contributed by atoms with Crippen molar-refractivity contribution in [1.82, 2.24) is 5.32 Å². The van der Waals surface area contributed by atoms with Gasteiger partial charge in [0.2, 0.25) is 0 Å². The van der Waals surface area contributed by atoms with Gasteiger partial charge in [0.15, 0.2) is 0 Å². The first kappa shape index (κ1) is 10.1. The molecule has 2 heteroatoms. The van der Waals surface area contributed by atoms with Gasteiger partial charge >= 0.3 is 0 Å². The van der Waals surface area contributed by atoms with E-state index in [1.54, 1.807) is 0 Å². The number of hydrogen-bond acceptors (Lipinski definition) is 2. The molecule has 4 aliphatic rings. The molecule has 4 rings (SSSR count). The summed E-state index contributed by atoms with van der Waals surface area (Å²) in [4.78, 5) is 0. The Hall–Kier alpha value is -0.0800. The Morgan fingerprint density at radius 1 is 1.20 bits per heavy atom. The second-order valence-electron chi connectivity index (χ2n) is 6.70. The second-order valence-corrected chi connectivity index (χ2v) is 6.70. The zero-order chi connectivity index (χ0) is 10.5. The van der Waals surface area contributed by atoms with Crippen molar-refractivity contribution in [3.05, 3.63) is 0 Å². The normalized spacial score (nSPS) is 52.4. The SMILES string of the molecule is CC12C[C@@H]3C[C@@H](C1)CC(NCCO)(C3)C2. The van der Waals surface area contributed by atoms with E-state index in [4.69, 9.17) is 5.11 Å². The lowest BCUT2D eigenvalue weighted by molar-refractivity contribution is -0.0727. The van der Waals surface area contributed by atoms with E-state index in [1.807, 2.05) is 0 Å². The van der Waals surface area contributed by atoms with Crippen LogP contribution < -0.4 is 5.32 Å². The van der Waals surface area contributed by atoms with Crippen molar-refractivity contribution in [3.8, 4) is 0 Å². The molecule has 0 unspecified atom stereocenters. The van der Waals surface area contributed by atoms with Gasteiger partial charge in [-0.2, -0.15) is 0 Å². The molecule has 0 radical (unpaired) electrons. The average Bonchev–Trinajstić information content (AvgIpc) is 2.10. The van der Waals surface area contributed by atoms with E-state index in [9.17, 15) is 0 Å². The predicted molar refractivity (Wildman–Crippen MR) is 60.6 cm³/mol. The van der Waals surface area contributed by atoms with Gasteiger partial charge in [0, 0.05) is 12.1 Å². The molecule has 4 bridgehead atoms. The summed E-state index contributed by atoms with van der Waals surface area (Å²) >= 11 is 0. The van der Waals surface area contributed by atoms with Gasteiger partial charge in [0.25, 0.3) is 0 Å². The summed E-state index contributed by atoms with van der Waals surface area (Å²) in [5.41, 5.74) is 1.02. The molecule has 0 aliphatic heterocycles. The molecule has 4 saturated carbocycles. The lowest BCUT2D eigenvalue weighted by Gasteiger charge is -2.61. The van der Waals surface area contributed by atoms with E-state index in [1.165, 1.54) is 38.5 Å². The molecular weight excluding hydrogens is 186 g/mol. The van der Waals surface area contributed by atoms with E-state index in [-0.39, 0.29) is 6.61 Å². The van der Waals surface area contributed by atoms with Crippen molar-refractivity contribution in [2.45, 2.75) is 51.0 Å². The largest absolute Gasteiger partial charge is 0.395 e. The Labute approximate surface area is 92.4 Å². The van der Waals surface area contributed by atoms with Crippen molar-refractivity contribution in [2.24, 2.45) is 17.3 Å². The first-order valence-electron chi connectivity index (χ1n) is 6.49. The molecule has 2 nitrogen and oxygen atoms in total. The van der Waals surface area contributed by atoms with Crippen LogP contribution in [0.5, 0.6) is 0 Å². The van der Waals surface area contributed by atoms with Crippen molar-refractivity contribution < 1.29 is 5.11 Å². The minimum Gasteiger partial charge on any atom is -0.395 e. The monoisotopic (exact) mass is 209 g/mol. The second kappa shape index (κ2) is 3.21. The molecule has 2 N–H and O–H groups in total. The first-order chi connectivity index (χ1) is 7.13. The topological polar surface area (TPSA) is 32.3 Å². The first-order valence-corrected chi connectivity index (χ1v) is 6.49. The van der Waals surface area contributed by atoms with E-state index < -0.39 is 0 Å². The number of aliphatic hydroxyl groups is 1. The molecule has 4 aliphatic carbocycles. The zero-order valence-corrected chi connectivity index (χ0v) is 9.76. The molecule has 2 atom stereocenters. The van der Waals surface area contributed by atoms with Gasteiger partial charge in [0.05, 0.1) is 6.61 Å². The molecule has 0 aromatic rings. The van der Waals surface area contributed by atoms with Crippen LogP contribution in [0.1, 0.15) is 45.4 Å². The lowest BCUT2D eigenvalue weighted by atomic mass is 9.47. The van der Waals surface area contributed by atoms with E-state index in [0.29, 0.717) is 11.0 Å². The van der Waals surface area contributed by atoms with E-state index in [2.05, 4.69) is 12.2 Å². The summed E-state index contributed by atoms with van der Waals surface area (Å²) in [5, 5.41) is 12.6. The van der Waals surface area contributed by atoms with Gasteiger partial charge in [-0.05, 0) is 55.8 Å². The summed E-state index contributed by atoms with van der Waals surface area (Å²) in [5.74, 6) is 1.95. The maximum atomic E-state index is 8.97. The van der Waals surface area contributed by atoms with Crippen molar-refractivity contribution in [2.75, 3.05) is 13.2 Å². The molecule has 4 fully saturated rings. The third-order valence-electron chi connectivity index (χ3n) is 4.97. The summed E-state index contributed by atoms with van der Waals surface area (Å²) in [6, 6.07) is 0. The average molecular weight is 209 g/mol. The number of β-amino-alcohol motifs (C(OH)–C–C–N with tert-alkyl or cyclic N) is 1. The molecule has 0 aromatic carbocycles. The van der Waals surface area contributed by atoms with Gasteiger partial charge < -0.3 is 10.4 Å². The molecule has 0 spiro atoms. The zero-order valence-electron chi connectivity index (χ0n) is 9.76. The van der Waals surface area contributed by atoms with Gasteiger partial charge in [-0.15, -0.1) is 0 Å². The summed E-state index contributed by atoms with van der Waals surface area (Å²) in [6.45, 7) is 3.56. The predicted octanol–water partition coefficient (Wildman–Crippen LogP) is 1.93. The third kappa shape index (κ3) is 1.62. The molecule has 86 valence electrons. The lowest BCUT2D eigenvalue weighted by Crippen LogP contribution is -2.61. The highest BCUT2D eigenvalue weighted by Crippen LogP contribution is 2.61. The van der Waals surface area contributed by atoms with Crippen LogP contribution in [-0.2, 0) is 0 Å². The van der Waals surface area contributed by atoms with Crippen LogP contribution in [0.2, 0.25) is 0 Å². The van der Waals surface area contributed by atoms with Crippen LogP contribution in [0.3, 0.4) is 0 Å². The Balaban J connectivity index is 1.80. The van der Waals surface area contributed by atoms with Gasteiger partial charge in [-0.3, -0.25) is 0 Å². The van der Waals surface area contributed by atoms with Gasteiger partial charge in [-0.25, -0.2) is 0 Å². The summed E-state index contributed by atoms with van der Waals surface area (Å²) < 4.78 is 0. The van der Waals surface area contributed by atoms with E-state index in [0.717, 1.165) is 18.4 Å². The molecule has 0 amide bonds. The van der Waals surface area contributed by atoms with Crippen LogP contribution in [0.25, 0.3) is 0 Å². The van der Waals surface area contributed by atoms with Gasteiger partial charge in [-0.1, -0.05) is 6.92 Å². The number of rotatable bonds is 3. The maximum absolute atomic E-state index is 8.97. The van der Waals surface area contributed by atoms with Crippen LogP contribution in [0.15, 0.2) is 0 Å². The molecular formula is C13H23NO. The fraction of sp³-hybridized carbons (Fsp3) is 1.00. The minimum atomic E-state index is 0.286. The summed E-state index contributed by atoms with van der Waals surface area (Å²) in [7, 11) is 0.